The fraction of sp³-hybridized carbons (Fsp3) is 1.00. The Morgan fingerprint density at radius 1 is 0.722 bits per heavy atom. The van der Waals surface area contributed by atoms with Gasteiger partial charge < -0.3 is 9.64 Å². The molecule has 0 heterocycles. The highest BCUT2D eigenvalue weighted by molar-refractivity contribution is 4.74. The number of hydrogen-bond acceptors (Lipinski definition) is 2. The highest BCUT2D eigenvalue weighted by Crippen LogP contribution is 2.20. The average Bonchev–Trinajstić information content (AvgIpc) is 1.93. The molecular formula is C16H35NO. The van der Waals surface area contributed by atoms with E-state index in [4.69, 9.17) is 4.74 Å². The standard InChI is InChI=1S/C16H35NO/c1-14(2,3)12-17(13-15(4,5)6)10-11-18-16(7,8)9/h10-13H2,1-9H3. The lowest BCUT2D eigenvalue weighted by Gasteiger charge is -2.35. The topological polar surface area (TPSA) is 12.5 Å². The first-order chi connectivity index (χ1) is 7.79. The van der Waals surface area contributed by atoms with Crippen LogP contribution in [0, 0.1) is 10.8 Å². The summed E-state index contributed by atoms with van der Waals surface area (Å²) < 4.78 is 5.85. The molecule has 0 amide bonds. The fourth-order valence-electron chi connectivity index (χ4n) is 2.04. The van der Waals surface area contributed by atoms with Crippen LogP contribution >= 0.6 is 0 Å². The van der Waals surface area contributed by atoms with Crippen molar-refractivity contribution in [2.24, 2.45) is 10.8 Å². The summed E-state index contributed by atoms with van der Waals surface area (Å²) in [6.45, 7) is 24.2. The predicted octanol–water partition coefficient (Wildman–Crippen LogP) is 4.20. The second-order valence-corrected chi connectivity index (χ2v) is 8.79. The molecule has 0 unspecified atom stereocenters. The van der Waals surface area contributed by atoms with Crippen molar-refractivity contribution in [2.75, 3.05) is 26.2 Å². The van der Waals surface area contributed by atoms with E-state index < -0.39 is 0 Å². The fourth-order valence-corrected chi connectivity index (χ4v) is 2.04. The molecule has 0 bridgehead atoms. The van der Waals surface area contributed by atoms with Gasteiger partial charge in [0, 0.05) is 19.6 Å². The van der Waals surface area contributed by atoms with Gasteiger partial charge in [-0.05, 0) is 31.6 Å². The van der Waals surface area contributed by atoms with Crippen LogP contribution in [0.2, 0.25) is 0 Å². The maximum absolute atomic E-state index is 5.85. The van der Waals surface area contributed by atoms with Crippen molar-refractivity contribution in [2.45, 2.75) is 67.9 Å². The number of nitrogens with zero attached hydrogens (tertiary/aromatic N) is 1. The predicted molar refractivity (Wildman–Crippen MR) is 81.1 cm³/mol. The van der Waals surface area contributed by atoms with Crippen LogP contribution in [0.4, 0.5) is 0 Å². The van der Waals surface area contributed by atoms with E-state index in [1.807, 2.05) is 0 Å². The molecule has 0 aliphatic heterocycles. The third-order valence-electron chi connectivity index (χ3n) is 2.34. The summed E-state index contributed by atoms with van der Waals surface area (Å²) >= 11 is 0. The van der Waals surface area contributed by atoms with Gasteiger partial charge in [0.2, 0.25) is 0 Å². The zero-order chi connectivity index (χ0) is 14.6. The summed E-state index contributed by atoms with van der Waals surface area (Å²) in [5.74, 6) is 0. The van der Waals surface area contributed by atoms with Crippen LogP contribution < -0.4 is 0 Å². The van der Waals surface area contributed by atoms with Crippen LogP contribution in [0.25, 0.3) is 0 Å². The molecule has 0 rings (SSSR count). The smallest absolute Gasteiger partial charge is 0.0600 e. The molecule has 2 nitrogen and oxygen atoms in total. The lowest BCUT2D eigenvalue weighted by molar-refractivity contribution is -0.0191. The molecule has 0 aliphatic carbocycles. The van der Waals surface area contributed by atoms with Crippen LogP contribution in [0.3, 0.4) is 0 Å². The monoisotopic (exact) mass is 257 g/mol. The SMILES string of the molecule is CC(C)(C)CN(CCOC(C)(C)C)CC(C)(C)C. The van der Waals surface area contributed by atoms with E-state index in [1.54, 1.807) is 0 Å². The Morgan fingerprint density at radius 3 is 1.39 bits per heavy atom. The summed E-state index contributed by atoms with van der Waals surface area (Å²) in [5, 5.41) is 0. The summed E-state index contributed by atoms with van der Waals surface area (Å²) in [6.07, 6.45) is 0. The van der Waals surface area contributed by atoms with E-state index in [2.05, 4.69) is 67.2 Å². The molecule has 0 spiro atoms. The lowest BCUT2D eigenvalue weighted by atomic mass is 9.92. The second kappa shape index (κ2) is 6.38. The van der Waals surface area contributed by atoms with Gasteiger partial charge >= 0.3 is 0 Å². The summed E-state index contributed by atoms with van der Waals surface area (Å²) in [4.78, 5) is 2.53. The van der Waals surface area contributed by atoms with Gasteiger partial charge in [0.25, 0.3) is 0 Å². The van der Waals surface area contributed by atoms with Gasteiger partial charge in [0.15, 0.2) is 0 Å². The van der Waals surface area contributed by atoms with E-state index in [1.165, 1.54) is 0 Å². The third kappa shape index (κ3) is 12.4. The van der Waals surface area contributed by atoms with Crippen LogP contribution in [0.5, 0.6) is 0 Å². The molecular weight excluding hydrogens is 222 g/mol. The Kier molecular flexibility index (Phi) is 6.35. The quantitative estimate of drug-likeness (QED) is 0.732. The molecule has 2 heteroatoms. The van der Waals surface area contributed by atoms with Crippen LogP contribution in [-0.4, -0.2) is 36.7 Å². The normalized spacial score (nSPS) is 14.3. The minimum absolute atomic E-state index is 0.0326. The molecule has 110 valence electrons. The Hall–Kier alpha value is -0.0800. The molecule has 0 aliphatic rings. The second-order valence-electron chi connectivity index (χ2n) is 8.79. The van der Waals surface area contributed by atoms with Gasteiger partial charge in [-0.15, -0.1) is 0 Å². The zero-order valence-corrected chi connectivity index (χ0v) is 14.2. The van der Waals surface area contributed by atoms with E-state index in [0.717, 1.165) is 26.2 Å². The lowest BCUT2D eigenvalue weighted by Crippen LogP contribution is -2.41. The minimum Gasteiger partial charge on any atom is -0.375 e. The first-order valence-corrected chi connectivity index (χ1v) is 7.15. The van der Waals surface area contributed by atoms with Gasteiger partial charge in [-0.3, -0.25) is 0 Å². The van der Waals surface area contributed by atoms with E-state index in [0.29, 0.717) is 10.8 Å². The molecule has 0 saturated carbocycles. The number of ether oxygens (including phenoxy) is 1. The minimum atomic E-state index is -0.0326. The maximum Gasteiger partial charge on any atom is 0.0600 e. The Bertz CT molecular complexity index is 211. The first-order valence-electron chi connectivity index (χ1n) is 7.15. The maximum atomic E-state index is 5.85. The summed E-state index contributed by atoms with van der Waals surface area (Å²) in [5.41, 5.74) is 0.648. The van der Waals surface area contributed by atoms with E-state index in [9.17, 15) is 0 Å². The van der Waals surface area contributed by atoms with E-state index >= 15 is 0 Å². The first kappa shape index (κ1) is 17.9. The number of hydrogen-bond donors (Lipinski definition) is 0. The van der Waals surface area contributed by atoms with Gasteiger partial charge in [-0.1, -0.05) is 41.5 Å². The molecule has 0 fully saturated rings. The Labute approximate surface area is 115 Å². The molecule has 0 atom stereocenters. The van der Waals surface area contributed by atoms with Crippen molar-refractivity contribution in [1.29, 1.82) is 0 Å². The highest BCUT2D eigenvalue weighted by atomic mass is 16.5. The van der Waals surface area contributed by atoms with Crippen molar-refractivity contribution in [3.05, 3.63) is 0 Å². The molecule has 0 aromatic rings. The van der Waals surface area contributed by atoms with Gasteiger partial charge in [-0.25, -0.2) is 0 Å². The zero-order valence-electron chi connectivity index (χ0n) is 14.2. The van der Waals surface area contributed by atoms with Crippen molar-refractivity contribution in [3.8, 4) is 0 Å². The van der Waals surface area contributed by atoms with Crippen LogP contribution in [-0.2, 0) is 4.74 Å². The van der Waals surface area contributed by atoms with Gasteiger partial charge in [0.1, 0.15) is 0 Å². The largest absolute Gasteiger partial charge is 0.375 e. The molecule has 18 heavy (non-hydrogen) atoms. The summed E-state index contributed by atoms with van der Waals surface area (Å²) in [7, 11) is 0. The van der Waals surface area contributed by atoms with Gasteiger partial charge in [-0.2, -0.15) is 0 Å². The van der Waals surface area contributed by atoms with Crippen molar-refractivity contribution < 1.29 is 4.74 Å². The molecule has 0 saturated heterocycles. The molecule has 0 N–H and O–H groups in total. The van der Waals surface area contributed by atoms with Crippen molar-refractivity contribution in [3.63, 3.8) is 0 Å². The summed E-state index contributed by atoms with van der Waals surface area (Å²) in [6, 6.07) is 0. The van der Waals surface area contributed by atoms with Crippen molar-refractivity contribution in [1.82, 2.24) is 4.90 Å². The number of rotatable bonds is 5. The van der Waals surface area contributed by atoms with Crippen LogP contribution in [0.15, 0.2) is 0 Å². The van der Waals surface area contributed by atoms with Crippen molar-refractivity contribution >= 4 is 0 Å². The highest BCUT2D eigenvalue weighted by Gasteiger charge is 2.22. The Morgan fingerprint density at radius 2 is 1.11 bits per heavy atom. The van der Waals surface area contributed by atoms with E-state index in [-0.39, 0.29) is 5.60 Å². The Balaban J connectivity index is 4.31. The average molecular weight is 257 g/mol. The molecule has 0 aromatic heterocycles. The molecule has 0 aromatic carbocycles. The van der Waals surface area contributed by atoms with Gasteiger partial charge in [0.05, 0.1) is 12.2 Å². The van der Waals surface area contributed by atoms with Crippen LogP contribution in [0.1, 0.15) is 62.3 Å². The third-order valence-corrected chi connectivity index (χ3v) is 2.34. The molecule has 0 radical (unpaired) electrons.